The van der Waals surface area contributed by atoms with E-state index in [-0.39, 0.29) is 5.02 Å². The van der Waals surface area contributed by atoms with Gasteiger partial charge in [0, 0.05) is 30.2 Å². The molecule has 0 bridgehead atoms. The van der Waals surface area contributed by atoms with E-state index >= 15 is 0 Å². The first-order valence-electron chi connectivity index (χ1n) is 9.24. The number of halogens is 2. The summed E-state index contributed by atoms with van der Waals surface area (Å²) in [6.07, 6.45) is 3.08. The first-order valence-corrected chi connectivity index (χ1v) is 9.62. The number of hydrogen-bond donors (Lipinski definition) is 2. The summed E-state index contributed by atoms with van der Waals surface area (Å²) < 4.78 is 13.5. The van der Waals surface area contributed by atoms with E-state index in [4.69, 9.17) is 22.0 Å². The van der Waals surface area contributed by atoms with Gasteiger partial charge in [-0.1, -0.05) is 29.8 Å². The van der Waals surface area contributed by atoms with E-state index in [1.807, 2.05) is 30.3 Å². The van der Waals surface area contributed by atoms with Gasteiger partial charge in [-0.05, 0) is 48.7 Å². The average Bonchev–Trinajstić information content (AvgIpc) is 2.72. The highest BCUT2D eigenvalue weighted by molar-refractivity contribution is 6.35. The molecule has 7 heteroatoms. The summed E-state index contributed by atoms with van der Waals surface area (Å²) in [5, 5.41) is 12.0. The highest BCUT2D eigenvalue weighted by Gasteiger charge is 2.32. The van der Waals surface area contributed by atoms with Gasteiger partial charge in [-0.15, -0.1) is 0 Å². The monoisotopic (exact) mass is 407 g/mol. The maximum absolute atomic E-state index is 13.5. The van der Waals surface area contributed by atoms with Gasteiger partial charge in [0.2, 0.25) is 5.95 Å². The molecular formula is C22H19ClFN5. The van der Waals surface area contributed by atoms with Crippen molar-refractivity contribution in [1.82, 2.24) is 9.97 Å². The van der Waals surface area contributed by atoms with Crippen LogP contribution in [0.1, 0.15) is 29.2 Å². The van der Waals surface area contributed by atoms with Gasteiger partial charge in [0.15, 0.2) is 0 Å². The maximum Gasteiger partial charge on any atom is 0.227 e. The van der Waals surface area contributed by atoms with Crippen molar-refractivity contribution in [2.75, 3.05) is 12.4 Å². The number of hydrogen-bond acceptors (Lipinski definition) is 5. The maximum atomic E-state index is 13.5. The van der Waals surface area contributed by atoms with Crippen LogP contribution in [0.5, 0.6) is 0 Å². The van der Waals surface area contributed by atoms with Gasteiger partial charge in [-0.2, -0.15) is 0 Å². The fraction of sp³-hybridized carbons (Fsp3) is 0.182. The lowest BCUT2D eigenvalue weighted by Gasteiger charge is -2.27. The molecule has 0 saturated heterocycles. The predicted molar refractivity (Wildman–Crippen MR) is 114 cm³/mol. The van der Waals surface area contributed by atoms with Crippen molar-refractivity contribution in [3.63, 3.8) is 0 Å². The number of anilines is 2. The second-order valence-electron chi connectivity index (χ2n) is 6.79. The van der Waals surface area contributed by atoms with Crippen LogP contribution < -0.4 is 5.32 Å². The standard InChI is InChI=1S/C22H19ClFN5/c1-26-21(16-9-8-14(24)11-17(16)23)19-18(25)10-7-13-12-27-22(29-20(13)19)28-15-5-3-2-4-6-15/h2-6,8-9,11-12,19,25H,7,10H2,1H3,(H,27,28,29). The lowest BCUT2D eigenvalue weighted by molar-refractivity contribution is 0.628. The number of benzene rings is 2. The Labute approximate surface area is 173 Å². The number of fused-ring (bicyclic) bond motifs is 1. The quantitative estimate of drug-likeness (QED) is 0.585. The van der Waals surface area contributed by atoms with Gasteiger partial charge in [0.05, 0.1) is 22.3 Å². The minimum absolute atomic E-state index is 0.266. The van der Waals surface area contributed by atoms with Crippen molar-refractivity contribution in [1.29, 1.82) is 5.41 Å². The summed E-state index contributed by atoms with van der Waals surface area (Å²) in [6, 6.07) is 13.9. The summed E-state index contributed by atoms with van der Waals surface area (Å²) in [5.74, 6) is -0.411. The third-order valence-electron chi connectivity index (χ3n) is 4.93. The summed E-state index contributed by atoms with van der Waals surface area (Å²) in [7, 11) is 1.65. The van der Waals surface area contributed by atoms with E-state index in [1.54, 1.807) is 19.3 Å². The minimum Gasteiger partial charge on any atom is -0.324 e. The molecule has 3 aromatic rings. The Kier molecular flexibility index (Phi) is 5.36. The first kappa shape index (κ1) is 19.2. The second kappa shape index (κ2) is 8.09. The number of rotatable bonds is 4. The number of aryl methyl sites for hydroxylation is 1. The average molecular weight is 408 g/mol. The Bertz CT molecular complexity index is 1100. The molecule has 0 amide bonds. The molecule has 0 radical (unpaired) electrons. The van der Waals surface area contributed by atoms with Crippen molar-refractivity contribution in [3.8, 4) is 0 Å². The third-order valence-corrected chi connectivity index (χ3v) is 5.25. The smallest absolute Gasteiger partial charge is 0.227 e. The van der Waals surface area contributed by atoms with Crippen LogP contribution in [0.4, 0.5) is 16.0 Å². The number of nitrogens with one attached hydrogen (secondary N) is 2. The molecule has 1 heterocycles. The van der Waals surface area contributed by atoms with Crippen molar-refractivity contribution in [2.45, 2.75) is 18.8 Å². The van der Waals surface area contributed by atoms with Gasteiger partial charge < -0.3 is 10.7 Å². The molecule has 146 valence electrons. The molecule has 29 heavy (non-hydrogen) atoms. The highest BCUT2D eigenvalue weighted by Crippen LogP contribution is 2.34. The minimum atomic E-state index is -0.453. The zero-order valence-corrected chi connectivity index (χ0v) is 16.5. The van der Waals surface area contributed by atoms with Crippen molar-refractivity contribution in [3.05, 3.63) is 82.4 Å². The highest BCUT2D eigenvalue weighted by atomic mass is 35.5. The molecule has 5 nitrogen and oxygen atoms in total. The number of nitrogens with zero attached hydrogens (tertiary/aromatic N) is 3. The van der Waals surface area contributed by atoms with Gasteiger partial charge in [0.25, 0.3) is 0 Å². The van der Waals surface area contributed by atoms with Crippen molar-refractivity contribution >= 4 is 34.7 Å². The van der Waals surface area contributed by atoms with E-state index in [9.17, 15) is 4.39 Å². The van der Waals surface area contributed by atoms with Crippen LogP contribution in [0, 0.1) is 11.2 Å². The molecule has 0 fully saturated rings. The zero-order valence-electron chi connectivity index (χ0n) is 15.8. The van der Waals surface area contributed by atoms with E-state index in [1.165, 1.54) is 12.1 Å². The Morgan fingerprint density at radius 3 is 2.72 bits per heavy atom. The van der Waals surface area contributed by atoms with Crippen LogP contribution in [0.25, 0.3) is 0 Å². The van der Waals surface area contributed by atoms with Crippen molar-refractivity contribution < 1.29 is 4.39 Å². The second-order valence-corrected chi connectivity index (χ2v) is 7.19. The summed E-state index contributed by atoms with van der Waals surface area (Å²) in [5.41, 5.74) is 4.29. The summed E-state index contributed by atoms with van der Waals surface area (Å²) >= 11 is 6.30. The van der Waals surface area contributed by atoms with E-state index in [2.05, 4.69) is 15.3 Å². The van der Waals surface area contributed by atoms with Crippen LogP contribution >= 0.6 is 11.6 Å². The molecule has 0 aliphatic heterocycles. The molecule has 0 saturated carbocycles. The van der Waals surface area contributed by atoms with Crippen LogP contribution in [0.15, 0.2) is 59.7 Å². The number of aliphatic imine (C=N–C) groups is 1. The molecule has 2 N–H and O–H groups in total. The van der Waals surface area contributed by atoms with Crippen molar-refractivity contribution in [2.24, 2.45) is 4.99 Å². The molecule has 4 rings (SSSR count). The van der Waals surface area contributed by atoms with Gasteiger partial charge in [0.1, 0.15) is 5.82 Å². The lowest BCUT2D eigenvalue weighted by Crippen LogP contribution is -2.29. The van der Waals surface area contributed by atoms with Gasteiger partial charge in [-0.3, -0.25) is 4.99 Å². The van der Waals surface area contributed by atoms with Crippen LogP contribution in [-0.4, -0.2) is 28.4 Å². The molecule has 1 aliphatic rings. The molecule has 2 aromatic carbocycles. The van der Waals surface area contributed by atoms with Gasteiger partial charge in [-0.25, -0.2) is 14.4 Å². The largest absolute Gasteiger partial charge is 0.324 e. The van der Waals surface area contributed by atoms with Crippen LogP contribution in [0.3, 0.4) is 0 Å². The normalized spacial score (nSPS) is 16.4. The van der Waals surface area contributed by atoms with Gasteiger partial charge >= 0.3 is 0 Å². The van der Waals surface area contributed by atoms with E-state index in [0.717, 1.165) is 16.9 Å². The molecule has 0 spiro atoms. The number of aromatic nitrogens is 2. The van der Waals surface area contributed by atoms with Crippen LogP contribution in [-0.2, 0) is 6.42 Å². The predicted octanol–water partition coefficient (Wildman–Crippen LogP) is 5.18. The third kappa shape index (κ3) is 3.89. The molecule has 1 unspecified atom stereocenters. The Balaban J connectivity index is 1.77. The zero-order chi connectivity index (χ0) is 20.4. The summed E-state index contributed by atoms with van der Waals surface area (Å²) in [6.45, 7) is 0. The number of para-hydroxylation sites is 1. The SMILES string of the molecule is CN=C(c1ccc(F)cc1Cl)C1C(=N)CCc2cnc(Nc3ccccc3)nc21. The van der Waals surface area contributed by atoms with Crippen LogP contribution in [0.2, 0.25) is 5.02 Å². The fourth-order valence-electron chi connectivity index (χ4n) is 3.55. The Hall–Kier alpha value is -3.12. The topological polar surface area (TPSA) is 74.0 Å². The molecule has 1 aliphatic carbocycles. The Morgan fingerprint density at radius 2 is 2.00 bits per heavy atom. The first-order chi connectivity index (χ1) is 14.1. The lowest BCUT2D eigenvalue weighted by atomic mass is 9.80. The fourth-order valence-corrected chi connectivity index (χ4v) is 3.81. The Morgan fingerprint density at radius 1 is 1.21 bits per heavy atom. The van der Waals surface area contributed by atoms with E-state index < -0.39 is 11.7 Å². The molecule has 1 aromatic heterocycles. The van der Waals surface area contributed by atoms with E-state index in [0.29, 0.717) is 35.8 Å². The molecular weight excluding hydrogens is 389 g/mol. The molecule has 1 atom stereocenters. The summed E-state index contributed by atoms with van der Waals surface area (Å²) in [4.78, 5) is 13.6.